The van der Waals surface area contributed by atoms with Crippen LogP contribution in [0.1, 0.15) is 28.7 Å². The van der Waals surface area contributed by atoms with E-state index in [1.807, 2.05) is 0 Å². The van der Waals surface area contributed by atoms with Crippen molar-refractivity contribution in [1.29, 1.82) is 0 Å². The molecule has 2 aromatic rings. The molecule has 0 amide bonds. The topological polar surface area (TPSA) is 56.3 Å². The van der Waals surface area contributed by atoms with Gasteiger partial charge in [0.15, 0.2) is 5.01 Å². The predicted octanol–water partition coefficient (Wildman–Crippen LogP) is 2.69. The summed E-state index contributed by atoms with van der Waals surface area (Å²) in [6.07, 6.45) is 1.83. The molecule has 5 heteroatoms. The van der Waals surface area contributed by atoms with Gasteiger partial charge in [0.1, 0.15) is 5.75 Å². The second kappa shape index (κ2) is 5.55. The Morgan fingerprint density at radius 3 is 2.78 bits per heavy atom. The lowest BCUT2D eigenvalue weighted by Crippen LogP contribution is -2.10. The highest BCUT2D eigenvalue weighted by molar-refractivity contribution is 7.11. The number of ketones is 1. The monoisotopic (exact) mass is 261 g/mol. The van der Waals surface area contributed by atoms with Gasteiger partial charge in [-0.05, 0) is 12.1 Å². The molecule has 0 spiro atoms. The number of hydrogen-bond acceptors (Lipinski definition) is 5. The Labute approximate surface area is 108 Å². The van der Waals surface area contributed by atoms with Crippen LogP contribution in [0, 0.1) is 0 Å². The average Bonchev–Trinajstić information content (AvgIpc) is 2.92. The minimum absolute atomic E-state index is 0.232. The molecule has 2 rings (SSSR count). The molecule has 92 valence electrons. The Morgan fingerprint density at radius 1 is 1.33 bits per heavy atom. The molecule has 0 saturated carbocycles. The van der Waals surface area contributed by atoms with Gasteiger partial charge in [-0.15, -0.1) is 11.3 Å². The summed E-state index contributed by atoms with van der Waals surface area (Å²) in [7, 11) is 0. The van der Waals surface area contributed by atoms with Crippen molar-refractivity contribution in [2.45, 2.75) is 13.3 Å². The number of hydrogen-bond donors (Lipinski definition) is 0. The van der Waals surface area contributed by atoms with E-state index in [0.717, 1.165) is 0 Å². The van der Waals surface area contributed by atoms with Crippen LogP contribution in [0.25, 0.3) is 0 Å². The fourth-order valence-corrected chi connectivity index (χ4v) is 1.98. The maximum atomic E-state index is 12.2. The molecule has 1 heterocycles. The third-order valence-corrected chi connectivity index (χ3v) is 3.04. The highest BCUT2D eigenvalue weighted by Gasteiger charge is 2.17. The van der Waals surface area contributed by atoms with Gasteiger partial charge in [0.25, 0.3) is 0 Å². The van der Waals surface area contributed by atoms with Crippen molar-refractivity contribution >= 4 is 23.1 Å². The van der Waals surface area contributed by atoms with E-state index in [0.29, 0.717) is 10.6 Å². The van der Waals surface area contributed by atoms with Gasteiger partial charge in [0.05, 0.1) is 5.56 Å². The first kappa shape index (κ1) is 12.4. The number of thiazole rings is 1. The van der Waals surface area contributed by atoms with Gasteiger partial charge >= 0.3 is 5.97 Å². The van der Waals surface area contributed by atoms with Gasteiger partial charge in [0, 0.05) is 18.0 Å². The summed E-state index contributed by atoms with van der Waals surface area (Å²) >= 11 is 1.26. The number of esters is 1. The Balaban J connectivity index is 2.33. The van der Waals surface area contributed by atoms with Crippen LogP contribution in [0.15, 0.2) is 35.8 Å². The van der Waals surface area contributed by atoms with Gasteiger partial charge in [-0.3, -0.25) is 9.59 Å². The number of carbonyl (C=O) groups is 2. The first-order valence-electron chi connectivity index (χ1n) is 5.46. The molecule has 0 bridgehead atoms. The molecule has 18 heavy (non-hydrogen) atoms. The first-order valence-corrected chi connectivity index (χ1v) is 6.34. The van der Waals surface area contributed by atoms with Crippen molar-refractivity contribution in [3.05, 3.63) is 46.4 Å². The Kier molecular flexibility index (Phi) is 3.84. The second-order valence-electron chi connectivity index (χ2n) is 3.49. The quantitative estimate of drug-likeness (QED) is 0.482. The number of rotatable bonds is 4. The van der Waals surface area contributed by atoms with Gasteiger partial charge in [-0.1, -0.05) is 19.1 Å². The molecular formula is C13H11NO3S. The molecule has 0 fully saturated rings. The number of ether oxygens (including phenoxy) is 1. The van der Waals surface area contributed by atoms with Crippen molar-refractivity contribution in [3.63, 3.8) is 0 Å². The smallest absolute Gasteiger partial charge is 0.310 e. The Morgan fingerprint density at radius 2 is 2.11 bits per heavy atom. The van der Waals surface area contributed by atoms with E-state index in [-0.39, 0.29) is 23.9 Å². The SMILES string of the molecule is CCC(=O)Oc1ccccc1C(=O)c1nccs1. The minimum atomic E-state index is -0.366. The molecule has 0 aliphatic rings. The standard InChI is InChI=1S/C13H11NO3S/c1-2-11(15)17-10-6-4-3-5-9(10)12(16)13-14-7-8-18-13/h3-8H,2H2,1H3. The van der Waals surface area contributed by atoms with Crippen molar-refractivity contribution in [2.24, 2.45) is 0 Å². The van der Waals surface area contributed by atoms with E-state index in [1.54, 1.807) is 42.8 Å². The van der Waals surface area contributed by atoms with E-state index >= 15 is 0 Å². The Bertz CT molecular complexity index is 563. The summed E-state index contributed by atoms with van der Waals surface area (Å²) in [5.41, 5.74) is 0.356. The number of nitrogens with zero attached hydrogens (tertiary/aromatic N) is 1. The van der Waals surface area contributed by atoms with Gasteiger partial charge < -0.3 is 4.74 Å². The highest BCUT2D eigenvalue weighted by atomic mass is 32.1. The molecule has 0 atom stereocenters. The fraction of sp³-hybridized carbons (Fsp3) is 0.154. The van der Waals surface area contributed by atoms with Crippen LogP contribution in [-0.4, -0.2) is 16.7 Å². The second-order valence-corrected chi connectivity index (χ2v) is 4.38. The zero-order chi connectivity index (χ0) is 13.0. The van der Waals surface area contributed by atoms with Crippen molar-refractivity contribution in [3.8, 4) is 5.75 Å². The molecular weight excluding hydrogens is 250 g/mol. The van der Waals surface area contributed by atoms with Crippen molar-refractivity contribution < 1.29 is 14.3 Å². The maximum Gasteiger partial charge on any atom is 0.310 e. The minimum Gasteiger partial charge on any atom is -0.426 e. The summed E-state index contributed by atoms with van der Waals surface area (Å²) in [6, 6.07) is 6.68. The van der Waals surface area contributed by atoms with Crippen molar-refractivity contribution in [2.75, 3.05) is 0 Å². The van der Waals surface area contributed by atoms with Crippen LogP contribution in [0.3, 0.4) is 0 Å². The highest BCUT2D eigenvalue weighted by Crippen LogP contribution is 2.22. The van der Waals surface area contributed by atoms with E-state index in [4.69, 9.17) is 4.74 Å². The molecule has 0 saturated heterocycles. The van der Waals surface area contributed by atoms with Crippen LogP contribution in [0.2, 0.25) is 0 Å². The third kappa shape index (κ3) is 2.62. The van der Waals surface area contributed by atoms with Gasteiger partial charge in [0.2, 0.25) is 5.78 Å². The fourth-order valence-electron chi connectivity index (χ4n) is 1.39. The van der Waals surface area contributed by atoms with Gasteiger partial charge in [-0.25, -0.2) is 4.98 Å². The molecule has 1 aromatic heterocycles. The summed E-state index contributed by atoms with van der Waals surface area (Å²) in [5.74, 6) is -0.316. The number of carbonyl (C=O) groups excluding carboxylic acids is 2. The average molecular weight is 261 g/mol. The van der Waals surface area contributed by atoms with Crippen LogP contribution in [0.4, 0.5) is 0 Å². The predicted molar refractivity (Wildman–Crippen MR) is 67.9 cm³/mol. The van der Waals surface area contributed by atoms with Crippen LogP contribution in [-0.2, 0) is 4.79 Å². The third-order valence-electron chi connectivity index (χ3n) is 2.27. The summed E-state index contributed by atoms with van der Waals surface area (Å²) in [6.45, 7) is 1.70. The van der Waals surface area contributed by atoms with E-state index in [9.17, 15) is 9.59 Å². The lowest BCUT2D eigenvalue weighted by molar-refractivity contribution is -0.134. The first-order chi connectivity index (χ1) is 8.72. The van der Waals surface area contributed by atoms with Crippen LogP contribution in [0.5, 0.6) is 5.75 Å². The molecule has 0 unspecified atom stereocenters. The largest absolute Gasteiger partial charge is 0.426 e. The van der Waals surface area contributed by atoms with E-state index in [1.165, 1.54) is 11.3 Å². The number of para-hydroxylation sites is 1. The lowest BCUT2D eigenvalue weighted by Gasteiger charge is -2.07. The molecule has 0 aliphatic heterocycles. The molecule has 4 nitrogen and oxygen atoms in total. The maximum absolute atomic E-state index is 12.2. The zero-order valence-corrected chi connectivity index (χ0v) is 10.6. The van der Waals surface area contributed by atoms with E-state index in [2.05, 4.69) is 4.98 Å². The van der Waals surface area contributed by atoms with Crippen molar-refractivity contribution in [1.82, 2.24) is 4.98 Å². The molecule has 0 radical (unpaired) electrons. The molecule has 0 N–H and O–H groups in total. The number of benzene rings is 1. The summed E-state index contributed by atoms with van der Waals surface area (Å²) in [5, 5.41) is 2.11. The summed E-state index contributed by atoms with van der Waals surface area (Å²) < 4.78 is 5.13. The molecule has 0 aliphatic carbocycles. The molecule has 1 aromatic carbocycles. The zero-order valence-electron chi connectivity index (χ0n) is 9.75. The summed E-state index contributed by atoms with van der Waals surface area (Å²) in [4.78, 5) is 27.4. The van der Waals surface area contributed by atoms with Crippen LogP contribution < -0.4 is 4.74 Å². The van der Waals surface area contributed by atoms with Gasteiger partial charge in [-0.2, -0.15) is 0 Å². The Hall–Kier alpha value is -2.01. The van der Waals surface area contributed by atoms with Crippen LogP contribution >= 0.6 is 11.3 Å². The van der Waals surface area contributed by atoms with E-state index < -0.39 is 0 Å². The normalized spacial score (nSPS) is 10.1. The lowest BCUT2D eigenvalue weighted by atomic mass is 10.1. The number of aromatic nitrogens is 1.